The monoisotopic (exact) mass is 498 g/mol. The molecule has 1 aliphatic carbocycles. The van der Waals surface area contributed by atoms with Crippen molar-refractivity contribution >= 4 is 5.97 Å². The molecule has 3 aromatic rings. The number of carboxylic acids is 1. The zero-order valence-electron chi connectivity index (χ0n) is 19.6. The second kappa shape index (κ2) is 9.41. The summed E-state index contributed by atoms with van der Waals surface area (Å²) in [5, 5.41) is 9.09. The van der Waals surface area contributed by atoms with Gasteiger partial charge in [0.15, 0.2) is 0 Å². The minimum absolute atomic E-state index is 0.0122. The molecule has 0 amide bonds. The van der Waals surface area contributed by atoms with Crippen molar-refractivity contribution in [2.75, 3.05) is 13.7 Å². The molecular weight excluding hydrogens is 473 g/mol. The van der Waals surface area contributed by atoms with Crippen LogP contribution >= 0.6 is 0 Å². The first kappa shape index (κ1) is 24.0. The standard InChI is InChI=1S/C28H25F3O5/c1-34-18-4-2-16(3-5-18)12-23-21-9-11-25(22(21)8-10-24(23)28(29,30)31)36-19-6-7-20-17(13-27(32)33)15-35-26(20)14-19/h2-8,10,14,17,25H,9,11-13,15H2,1H3,(H,32,33). The van der Waals surface area contributed by atoms with Gasteiger partial charge in [-0.25, -0.2) is 0 Å². The molecule has 0 saturated heterocycles. The summed E-state index contributed by atoms with van der Waals surface area (Å²) < 4.78 is 58.8. The fourth-order valence-corrected chi connectivity index (χ4v) is 5.15. The van der Waals surface area contributed by atoms with Gasteiger partial charge in [-0.05, 0) is 65.8 Å². The Morgan fingerprint density at radius 1 is 1.06 bits per heavy atom. The summed E-state index contributed by atoms with van der Waals surface area (Å²) in [5.74, 6) is 0.681. The molecule has 5 rings (SSSR count). The van der Waals surface area contributed by atoms with Gasteiger partial charge in [-0.2, -0.15) is 13.2 Å². The lowest BCUT2D eigenvalue weighted by molar-refractivity contribution is -0.138. The maximum atomic E-state index is 13.9. The van der Waals surface area contributed by atoms with Gasteiger partial charge in [-0.1, -0.05) is 24.3 Å². The summed E-state index contributed by atoms with van der Waals surface area (Å²) in [6.07, 6.45) is -3.65. The van der Waals surface area contributed by atoms with E-state index in [4.69, 9.17) is 19.3 Å². The smallest absolute Gasteiger partial charge is 0.416 e. The van der Waals surface area contributed by atoms with Crippen molar-refractivity contribution in [1.82, 2.24) is 0 Å². The third-order valence-corrected chi connectivity index (χ3v) is 6.88. The van der Waals surface area contributed by atoms with E-state index in [0.29, 0.717) is 42.3 Å². The third kappa shape index (κ3) is 4.72. The summed E-state index contributed by atoms with van der Waals surface area (Å²) >= 11 is 0. The van der Waals surface area contributed by atoms with Crippen LogP contribution in [0.25, 0.3) is 0 Å². The fraction of sp³-hybridized carbons (Fsp3) is 0.321. The number of ether oxygens (including phenoxy) is 3. The summed E-state index contributed by atoms with van der Waals surface area (Å²) in [5.41, 5.74) is 2.71. The van der Waals surface area contributed by atoms with Gasteiger partial charge in [0.1, 0.15) is 23.4 Å². The number of benzene rings is 3. The van der Waals surface area contributed by atoms with Crippen molar-refractivity contribution < 1.29 is 37.3 Å². The summed E-state index contributed by atoms with van der Waals surface area (Å²) in [4.78, 5) is 11.1. The second-order valence-electron chi connectivity index (χ2n) is 9.13. The van der Waals surface area contributed by atoms with E-state index in [1.54, 1.807) is 43.5 Å². The molecule has 2 unspecified atom stereocenters. The molecule has 2 aliphatic rings. The van der Waals surface area contributed by atoms with E-state index in [-0.39, 0.29) is 30.4 Å². The Morgan fingerprint density at radius 2 is 1.78 bits per heavy atom. The van der Waals surface area contributed by atoms with E-state index in [1.807, 2.05) is 6.07 Å². The molecule has 188 valence electrons. The predicted molar refractivity (Wildman–Crippen MR) is 126 cm³/mol. The molecule has 1 heterocycles. The number of methoxy groups -OCH3 is 1. The number of carbonyl (C=O) groups is 1. The highest BCUT2D eigenvalue weighted by Crippen LogP contribution is 2.44. The first-order valence-corrected chi connectivity index (χ1v) is 11.7. The molecule has 1 N–H and O–H groups in total. The Labute approximate surface area is 206 Å². The van der Waals surface area contributed by atoms with Crippen LogP contribution in [0.1, 0.15) is 58.2 Å². The Balaban J connectivity index is 1.42. The topological polar surface area (TPSA) is 65.0 Å². The van der Waals surface area contributed by atoms with Crippen LogP contribution in [0, 0.1) is 0 Å². The van der Waals surface area contributed by atoms with Crippen LogP contribution < -0.4 is 14.2 Å². The van der Waals surface area contributed by atoms with Crippen molar-refractivity contribution in [3.63, 3.8) is 0 Å². The number of alkyl halides is 3. The van der Waals surface area contributed by atoms with Crippen LogP contribution in [0.2, 0.25) is 0 Å². The number of fused-ring (bicyclic) bond motifs is 2. The molecule has 0 bridgehead atoms. The Morgan fingerprint density at radius 3 is 2.47 bits per heavy atom. The van der Waals surface area contributed by atoms with E-state index in [2.05, 4.69) is 0 Å². The van der Waals surface area contributed by atoms with Crippen LogP contribution in [0.5, 0.6) is 17.2 Å². The minimum atomic E-state index is -4.46. The maximum absolute atomic E-state index is 13.9. The Hall–Kier alpha value is -3.68. The van der Waals surface area contributed by atoms with Gasteiger partial charge in [0.25, 0.3) is 0 Å². The van der Waals surface area contributed by atoms with Gasteiger partial charge < -0.3 is 19.3 Å². The van der Waals surface area contributed by atoms with E-state index < -0.39 is 17.7 Å². The number of hydrogen-bond acceptors (Lipinski definition) is 4. The van der Waals surface area contributed by atoms with Crippen LogP contribution in [0.3, 0.4) is 0 Å². The highest BCUT2D eigenvalue weighted by molar-refractivity contribution is 5.68. The lowest BCUT2D eigenvalue weighted by Gasteiger charge is -2.20. The first-order chi connectivity index (χ1) is 17.2. The lowest BCUT2D eigenvalue weighted by atomic mass is 9.92. The minimum Gasteiger partial charge on any atom is -0.497 e. The highest BCUT2D eigenvalue weighted by Gasteiger charge is 2.37. The molecule has 8 heteroatoms. The Bertz CT molecular complexity index is 1280. The normalized spacial score (nSPS) is 18.3. The largest absolute Gasteiger partial charge is 0.497 e. The van der Waals surface area contributed by atoms with Crippen LogP contribution in [0.4, 0.5) is 13.2 Å². The molecule has 0 aromatic heterocycles. The van der Waals surface area contributed by atoms with E-state index in [9.17, 15) is 18.0 Å². The van der Waals surface area contributed by atoms with E-state index in [0.717, 1.165) is 22.8 Å². The number of carboxylic acid groups (broad SMARTS) is 1. The molecule has 2 atom stereocenters. The van der Waals surface area contributed by atoms with Crippen molar-refractivity contribution in [3.8, 4) is 17.2 Å². The van der Waals surface area contributed by atoms with E-state index in [1.165, 1.54) is 6.07 Å². The van der Waals surface area contributed by atoms with Gasteiger partial charge in [-0.3, -0.25) is 4.79 Å². The molecule has 0 radical (unpaired) electrons. The number of hydrogen-bond donors (Lipinski definition) is 1. The average molecular weight is 498 g/mol. The predicted octanol–water partition coefficient (Wildman–Crippen LogP) is 6.32. The van der Waals surface area contributed by atoms with Crippen molar-refractivity contribution in [2.24, 2.45) is 0 Å². The number of halogens is 3. The molecule has 0 fully saturated rings. The van der Waals surface area contributed by atoms with Crippen LogP contribution in [0.15, 0.2) is 54.6 Å². The summed E-state index contributed by atoms with van der Waals surface area (Å²) in [7, 11) is 1.54. The SMILES string of the molecule is COc1ccc(Cc2c(C(F)(F)F)ccc3c2CCC3Oc2ccc3c(c2)OCC3CC(=O)O)cc1. The summed E-state index contributed by atoms with van der Waals surface area (Å²) in [6, 6.07) is 15.0. The molecule has 0 spiro atoms. The van der Waals surface area contributed by atoms with Gasteiger partial charge >= 0.3 is 12.1 Å². The molecular formula is C28H25F3O5. The average Bonchev–Trinajstić information content (AvgIpc) is 3.43. The van der Waals surface area contributed by atoms with Gasteiger partial charge in [0.05, 0.1) is 25.7 Å². The molecule has 36 heavy (non-hydrogen) atoms. The zero-order chi connectivity index (χ0) is 25.4. The van der Waals surface area contributed by atoms with Crippen LogP contribution in [-0.2, 0) is 23.8 Å². The van der Waals surface area contributed by atoms with E-state index >= 15 is 0 Å². The molecule has 1 aliphatic heterocycles. The molecule has 5 nitrogen and oxygen atoms in total. The van der Waals surface area contributed by atoms with Gasteiger partial charge in [0, 0.05) is 17.5 Å². The van der Waals surface area contributed by atoms with Gasteiger partial charge in [-0.15, -0.1) is 0 Å². The molecule has 0 saturated carbocycles. The van der Waals surface area contributed by atoms with Gasteiger partial charge in [0.2, 0.25) is 0 Å². The van der Waals surface area contributed by atoms with Crippen molar-refractivity contribution in [1.29, 1.82) is 0 Å². The fourth-order valence-electron chi connectivity index (χ4n) is 5.15. The number of aliphatic carboxylic acids is 1. The number of rotatable bonds is 7. The second-order valence-corrected chi connectivity index (χ2v) is 9.13. The maximum Gasteiger partial charge on any atom is 0.416 e. The highest BCUT2D eigenvalue weighted by atomic mass is 19.4. The lowest BCUT2D eigenvalue weighted by Crippen LogP contribution is -2.13. The van der Waals surface area contributed by atoms with Crippen LogP contribution in [-0.4, -0.2) is 24.8 Å². The van der Waals surface area contributed by atoms with Crippen molar-refractivity contribution in [3.05, 3.63) is 88.0 Å². The van der Waals surface area contributed by atoms with Crippen molar-refractivity contribution in [2.45, 2.75) is 43.9 Å². The molecule has 3 aromatic carbocycles. The quantitative estimate of drug-likeness (QED) is 0.413. The Kier molecular flexibility index (Phi) is 6.28. The summed E-state index contributed by atoms with van der Waals surface area (Å²) in [6.45, 7) is 0.298. The zero-order valence-corrected chi connectivity index (χ0v) is 19.6. The third-order valence-electron chi connectivity index (χ3n) is 6.88. The first-order valence-electron chi connectivity index (χ1n) is 11.7.